The molecule has 1 unspecified atom stereocenters. The number of nitrogens with one attached hydrogen (secondary N) is 2. The van der Waals surface area contributed by atoms with E-state index in [1.54, 1.807) is 12.1 Å². The molecule has 0 aliphatic heterocycles. The number of nitrogens with zero attached hydrogens (tertiary/aromatic N) is 2. The van der Waals surface area contributed by atoms with E-state index >= 15 is 0 Å². The highest BCUT2D eigenvalue weighted by atomic mass is 16.1. The van der Waals surface area contributed by atoms with Gasteiger partial charge >= 0.3 is 0 Å². The summed E-state index contributed by atoms with van der Waals surface area (Å²) >= 11 is 0. The lowest BCUT2D eigenvalue weighted by Crippen LogP contribution is -2.27. The lowest BCUT2D eigenvalue weighted by atomic mass is 10.1. The smallest absolute Gasteiger partial charge is 0.271 e. The maximum atomic E-state index is 12.0. The van der Waals surface area contributed by atoms with Gasteiger partial charge in [-0.1, -0.05) is 37.3 Å². The van der Waals surface area contributed by atoms with Crippen molar-refractivity contribution in [2.24, 2.45) is 0 Å². The van der Waals surface area contributed by atoms with Crippen molar-refractivity contribution in [3.05, 3.63) is 53.7 Å². The molecule has 0 fully saturated rings. The van der Waals surface area contributed by atoms with Crippen LogP contribution in [0.25, 0.3) is 0 Å². The van der Waals surface area contributed by atoms with Crippen molar-refractivity contribution < 1.29 is 4.79 Å². The predicted octanol–water partition coefficient (Wildman–Crippen LogP) is 2.66. The Morgan fingerprint density at radius 2 is 1.91 bits per heavy atom. The standard InChI is InChI=1S/C17H22N4O/c1-3-13(2)19-16-10-9-15(20-21-16)17(22)18-12-11-14-7-5-4-6-8-14/h4-10,13H,3,11-12H2,1-2H3,(H,18,22)(H,19,21). The molecular weight excluding hydrogens is 276 g/mol. The zero-order chi connectivity index (χ0) is 15.8. The highest BCUT2D eigenvalue weighted by molar-refractivity contribution is 5.92. The van der Waals surface area contributed by atoms with E-state index in [2.05, 4.69) is 34.7 Å². The zero-order valence-corrected chi connectivity index (χ0v) is 13.0. The average molecular weight is 298 g/mol. The second-order valence-corrected chi connectivity index (χ2v) is 5.25. The van der Waals surface area contributed by atoms with E-state index in [1.165, 1.54) is 5.56 Å². The van der Waals surface area contributed by atoms with Gasteiger partial charge in [0.15, 0.2) is 5.69 Å². The number of aromatic nitrogens is 2. The number of hydrogen-bond acceptors (Lipinski definition) is 4. The van der Waals surface area contributed by atoms with Crippen LogP contribution in [-0.4, -0.2) is 28.7 Å². The molecule has 1 aromatic heterocycles. The lowest BCUT2D eigenvalue weighted by Gasteiger charge is -2.11. The SMILES string of the molecule is CCC(C)Nc1ccc(C(=O)NCCc2ccccc2)nn1. The fourth-order valence-corrected chi connectivity index (χ4v) is 1.94. The molecule has 0 aliphatic carbocycles. The van der Waals surface area contributed by atoms with Gasteiger partial charge in [0, 0.05) is 12.6 Å². The fraction of sp³-hybridized carbons (Fsp3) is 0.353. The third-order valence-electron chi connectivity index (χ3n) is 3.45. The molecule has 0 aliphatic rings. The summed E-state index contributed by atoms with van der Waals surface area (Å²) in [6, 6.07) is 13.9. The van der Waals surface area contributed by atoms with Crippen molar-refractivity contribution in [3.63, 3.8) is 0 Å². The Bertz CT molecular complexity index is 583. The third kappa shape index (κ3) is 4.84. The van der Waals surface area contributed by atoms with E-state index < -0.39 is 0 Å². The van der Waals surface area contributed by atoms with Crippen LogP contribution in [0.5, 0.6) is 0 Å². The normalized spacial score (nSPS) is 11.7. The molecule has 1 amide bonds. The summed E-state index contributed by atoms with van der Waals surface area (Å²) in [5, 5.41) is 14.1. The van der Waals surface area contributed by atoms with Crippen molar-refractivity contribution in [2.45, 2.75) is 32.7 Å². The molecule has 0 spiro atoms. The van der Waals surface area contributed by atoms with Gasteiger partial charge in [0.1, 0.15) is 5.82 Å². The van der Waals surface area contributed by atoms with Gasteiger partial charge < -0.3 is 10.6 Å². The molecule has 1 heterocycles. The fourth-order valence-electron chi connectivity index (χ4n) is 1.94. The third-order valence-corrected chi connectivity index (χ3v) is 3.45. The quantitative estimate of drug-likeness (QED) is 0.824. The molecule has 0 saturated heterocycles. The second-order valence-electron chi connectivity index (χ2n) is 5.25. The maximum absolute atomic E-state index is 12.0. The van der Waals surface area contributed by atoms with Gasteiger partial charge in [-0.3, -0.25) is 4.79 Å². The molecule has 0 saturated carbocycles. The first-order valence-corrected chi connectivity index (χ1v) is 7.61. The van der Waals surface area contributed by atoms with E-state index in [0.717, 1.165) is 12.8 Å². The molecule has 22 heavy (non-hydrogen) atoms. The molecule has 0 bridgehead atoms. The number of carbonyl (C=O) groups is 1. The van der Waals surface area contributed by atoms with Gasteiger partial charge in [-0.25, -0.2) is 0 Å². The number of anilines is 1. The Hall–Kier alpha value is -2.43. The van der Waals surface area contributed by atoms with Crippen molar-refractivity contribution in [1.29, 1.82) is 0 Å². The molecule has 5 heteroatoms. The summed E-state index contributed by atoms with van der Waals surface area (Å²) < 4.78 is 0. The first-order chi connectivity index (χ1) is 10.7. The van der Waals surface area contributed by atoms with Crippen molar-refractivity contribution in [2.75, 3.05) is 11.9 Å². The lowest BCUT2D eigenvalue weighted by molar-refractivity contribution is 0.0948. The van der Waals surface area contributed by atoms with Crippen LogP contribution in [0.15, 0.2) is 42.5 Å². The van der Waals surface area contributed by atoms with Crippen LogP contribution in [0.3, 0.4) is 0 Å². The first kappa shape index (κ1) is 15.9. The van der Waals surface area contributed by atoms with E-state index in [1.807, 2.05) is 30.3 Å². The largest absolute Gasteiger partial charge is 0.366 e. The van der Waals surface area contributed by atoms with E-state index in [0.29, 0.717) is 24.1 Å². The minimum Gasteiger partial charge on any atom is -0.366 e. The number of carbonyl (C=O) groups excluding carboxylic acids is 1. The van der Waals surface area contributed by atoms with E-state index in [9.17, 15) is 4.79 Å². The topological polar surface area (TPSA) is 66.9 Å². The van der Waals surface area contributed by atoms with Crippen molar-refractivity contribution in [1.82, 2.24) is 15.5 Å². The highest BCUT2D eigenvalue weighted by Crippen LogP contribution is 2.05. The van der Waals surface area contributed by atoms with Crippen LogP contribution in [0.4, 0.5) is 5.82 Å². The maximum Gasteiger partial charge on any atom is 0.271 e. The van der Waals surface area contributed by atoms with Crippen LogP contribution in [-0.2, 0) is 6.42 Å². The minimum atomic E-state index is -0.196. The Kier molecular flexibility index (Phi) is 5.89. The minimum absolute atomic E-state index is 0.196. The summed E-state index contributed by atoms with van der Waals surface area (Å²) in [7, 11) is 0. The van der Waals surface area contributed by atoms with Gasteiger partial charge in [-0.05, 0) is 37.5 Å². The van der Waals surface area contributed by atoms with E-state index in [-0.39, 0.29) is 5.91 Å². The van der Waals surface area contributed by atoms with Crippen LogP contribution in [0, 0.1) is 0 Å². The summed E-state index contributed by atoms with van der Waals surface area (Å²) in [5.41, 5.74) is 1.53. The molecule has 1 aromatic carbocycles. The zero-order valence-electron chi connectivity index (χ0n) is 13.0. The predicted molar refractivity (Wildman–Crippen MR) is 87.9 cm³/mol. The number of rotatable bonds is 7. The highest BCUT2D eigenvalue weighted by Gasteiger charge is 2.08. The summed E-state index contributed by atoms with van der Waals surface area (Å²) in [5.74, 6) is 0.494. The summed E-state index contributed by atoms with van der Waals surface area (Å²) in [6.45, 7) is 4.75. The average Bonchev–Trinajstić information content (AvgIpc) is 2.56. The van der Waals surface area contributed by atoms with Gasteiger partial charge in [0.2, 0.25) is 0 Å². The molecule has 116 valence electrons. The molecule has 1 atom stereocenters. The Morgan fingerprint density at radius 3 is 2.55 bits per heavy atom. The van der Waals surface area contributed by atoms with Gasteiger partial charge in [-0.2, -0.15) is 0 Å². The molecular formula is C17H22N4O. The molecule has 2 aromatic rings. The van der Waals surface area contributed by atoms with Crippen LogP contribution in [0.2, 0.25) is 0 Å². The Balaban J connectivity index is 1.82. The molecule has 0 radical (unpaired) electrons. The Morgan fingerprint density at radius 1 is 1.14 bits per heavy atom. The van der Waals surface area contributed by atoms with Crippen molar-refractivity contribution >= 4 is 11.7 Å². The monoisotopic (exact) mass is 298 g/mol. The Labute approximate surface area is 131 Å². The van der Waals surface area contributed by atoms with E-state index in [4.69, 9.17) is 0 Å². The van der Waals surface area contributed by atoms with Gasteiger partial charge in [-0.15, -0.1) is 10.2 Å². The summed E-state index contributed by atoms with van der Waals surface area (Å²) in [4.78, 5) is 12.0. The van der Waals surface area contributed by atoms with Crippen LogP contribution < -0.4 is 10.6 Å². The summed E-state index contributed by atoms with van der Waals surface area (Å²) in [6.07, 6.45) is 1.80. The van der Waals surface area contributed by atoms with Crippen molar-refractivity contribution in [3.8, 4) is 0 Å². The number of amides is 1. The first-order valence-electron chi connectivity index (χ1n) is 7.61. The number of hydrogen-bond donors (Lipinski definition) is 2. The van der Waals surface area contributed by atoms with Gasteiger partial charge in [0.25, 0.3) is 5.91 Å². The van der Waals surface area contributed by atoms with Gasteiger partial charge in [0.05, 0.1) is 0 Å². The van der Waals surface area contributed by atoms with Crippen LogP contribution >= 0.6 is 0 Å². The van der Waals surface area contributed by atoms with Crippen LogP contribution in [0.1, 0.15) is 36.3 Å². The number of benzene rings is 1. The molecule has 2 N–H and O–H groups in total. The molecule has 5 nitrogen and oxygen atoms in total. The molecule has 2 rings (SSSR count). The second kappa shape index (κ2) is 8.12.